The second-order valence-electron chi connectivity index (χ2n) is 11.9. The van der Waals surface area contributed by atoms with E-state index in [1.165, 1.54) is 13.8 Å². The summed E-state index contributed by atoms with van der Waals surface area (Å²) in [6, 6.07) is 0. The van der Waals surface area contributed by atoms with Crippen molar-refractivity contribution < 1.29 is 80.5 Å². The first kappa shape index (κ1) is 44.2. The summed E-state index contributed by atoms with van der Waals surface area (Å²) >= 11 is 3.95. The molecule has 3 unspecified atom stereocenters. The molecule has 11 N–H and O–H groups in total. The molecule has 0 bridgehead atoms. The van der Waals surface area contributed by atoms with Crippen LogP contribution in [0.5, 0.6) is 0 Å². The smallest absolute Gasteiger partial charge is 0.386 e. The van der Waals surface area contributed by atoms with E-state index in [0.717, 1.165) is 18.2 Å². The van der Waals surface area contributed by atoms with Gasteiger partial charge in [-0.1, -0.05) is 13.8 Å². The number of carbonyl (C=O) groups is 3. The third kappa shape index (κ3) is 11.6. The van der Waals surface area contributed by atoms with Crippen molar-refractivity contribution in [3.8, 4) is 0 Å². The predicted molar refractivity (Wildman–Crippen MR) is 179 cm³/mol. The number of aliphatic hydroxyl groups excluding tert-OH is 2. The van der Waals surface area contributed by atoms with E-state index in [-0.39, 0.29) is 37.1 Å². The molecule has 0 spiro atoms. The van der Waals surface area contributed by atoms with Crippen LogP contribution in [0.1, 0.15) is 27.2 Å². The van der Waals surface area contributed by atoms with Gasteiger partial charge in [0, 0.05) is 37.6 Å². The maximum absolute atomic E-state index is 12.7. The van der Waals surface area contributed by atoms with Crippen molar-refractivity contribution in [2.24, 2.45) is 26.1 Å². The molecule has 0 saturated carbocycles. The van der Waals surface area contributed by atoms with Crippen LogP contribution in [0.25, 0.3) is 0 Å². The van der Waals surface area contributed by atoms with Crippen LogP contribution in [-0.2, 0) is 50.7 Å². The lowest BCUT2D eigenvalue weighted by Crippen LogP contribution is -2.67. The number of hydrogen-bond acceptors (Lipinski definition) is 19. The molecular formula is C23H41N8O17P3S. The summed E-state index contributed by atoms with van der Waals surface area (Å²) in [6.07, 6.45) is -8.48. The minimum atomic E-state index is -5.61. The van der Waals surface area contributed by atoms with E-state index in [2.05, 4.69) is 52.4 Å². The summed E-state index contributed by atoms with van der Waals surface area (Å²) in [5.74, 6) is -3.68. The number of rotatable bonds is 19. The van der Waals surface area contributed by atoms with E-state index in [1.807, 2.05) is 0 Å². The second-order valence-corrected chi connectivity index (χ2v) is 16.6. The van der Waals surface area contributed by atoms with Gasteiger partial charge >= 0.3 is 23.5 Å². The number of thiol groups is 1. The zero-order valence-corrected chi connectivity index (χ0v) is 31.3. The lowest BCUT2D eigenvalue weighted by molar-refractivity contribution is -0.137. The van der Waals surface area contributed by atoms with Crippen molar-refractivity contribution in [3.63, 3.8) is 0 Å². The normalized spacial score (nSPS) is 27.8. The summed E-state index contributed by atoms with van der Waals surface area (Å²) in [6.45, 7) is 1.32. The lowest BCUT2D eigenvalue weighted by Gasteiger charge is -2.40. The summed E-state index contributed by atoms with van der Waals surface area (Å²) in [5.41, 5.74) is 4.22. The summed E-state index contributed by atoms with van der Waals surface area (Å²) in [4.78, 5) is 88.7. The molecule has 0 aromatic heterocycles. The highest BCUT2D eigenvalue weighted by molar-refractivity contribution is 7.80. The Kier molecular flexibility index (Phi) is 14.9. The van der Waals surface area contributed by atoms with Gasteiger partial charge in [0.15, 0.2) is 5.84 Å². The van der Waals surface area contributed by atoms with Gasteiger partial charge in [0.05, 0.1) is 19.9 Å². The fraction of sp³-hybridized carbons (Fsp3) is 0.739. The fourth-order valence-corrected chi connectivity index (χ4v) is 7.85. The molecule has 52 heavy (non-hydrogen) atoms. The van der Waals surface area contributed by atoms with E-state index < -0.39 is 90.3 Å². The van der Waals surface area contributed by atoms with E-state index in [9.17, 15) is 57.9 Å². The third-order valence-electron chi connectivity index (χ3n) is 7.32. The number of phosphoric ester groups is 3. The van der Waals surface area contributed by atoms with Crippen LogP contribution >= 0.6 is 36.1 Å². The highest BCUT2D eigenvalue weighted by Gasteiger charge is 2.59. The van der Waals surface area contributed by atoms with Crippen LogP contribution in [-0.4, -0.2) is 145 Å². The number of nitrogens with two attached hydrogens (primary N) is 1. The number of aliphatic hydroxyl groups is 2. The molecule has 1 saturated heterocycles. The molecule has 3 aliphatic heterocycles. The standard InChI is InChI=1S/C23H41N8O17P3S/c1-12(32)30-23-17(19(24)27-10-29-23)28-11-31(23)21-15(34)16(47-49(37,38)39)13(46-21)8-44-50(40,41)48-51(42,43)45-9-22(2,3)18(35)20(36)26-5-4-14(33)25-6-7-52/h10,13,15-16,18,21,34-35,52H,4-9,11H2,1-3H3,(H,25,33)(H,26,36)(H,30,32)(H,40,41)(H,42,43)(H2,24,27,29)(H2,37,38,39)/t13-,15-,16-,18+,21-,23?/m1/s1. The zero-order valence-electron chi connectivity index (χ0n) is 27.7. The van der Waals surface area contributed by atoms with Gasteiger partial charge in [0.2, 0.25) is 23.5 Å². The molecule has 3 rings (SSSR count). The van der Waals surface area contributed by atoms with Crippen molar-refractivity contribution in [1.29, 1.82) is 0 Å². The Hall–Kier alpha value is -2.22. The number of aliphatic imine (C=N–C) groups is 3. The van der Waals surface area contributed by atoms with Crippen LogP contribution in [0.2, 0.25) is 0 Å². The minimum Gasteiger partial charge on any atom is -0.386 e. The Balaban J connectivity index is 1.65. The maximum atomic E-state index is 12.7. The second kappa shape index (κ2) is 17.5. The summed E-state index contributed by atoms with van der Waals surface area (Å²) in [7, 11) is -16.5. The average molecular weight is 827 g/mol. The molecule has 8 atom stereocenters. The molecule has 0 aromatic carbocycles. The van der Waals surface area contributed by atoms with Gasteiger partial charge in [-0.2, -0.15) is 16.9 Å². The molecule has 3 aliphatic rings. The minimum absolute atomic E-state index is 0.0685. The zero-order chi connectivity index (χ0) is 39.3. The van der Waals surface area contributed by atoms with Gasteiger partial charge in [-0.25, -0.2) is 28.6 Å². The van der Waals surface area contributed by atoms with Crippen LogP contribution in [0.3, 0.4) is 0 Å². The molecule has 0 aromatic rings. The molecule has 3 heterocycles. The van der Waals surface area contributed by atoms with Crippen LogP contribution < -0.4 is 21.7 Å². The number of fused-ring (bicyclic) bond motifs is 1. The highest BCUT2D eigenvalue weighted by Crippen LogP contribution is 2.61. The van der Waals surface area contributed by atoms with Crippen molar-refractivity contribution in [2.45, 2.75) is 63.6 Å². The fourth-order valence-electron chi connectivity index (χ4n) is 4.91. The van der Waals surface area contributed by atoms with Crippen LogP contribution in [0, 0.1) is 5.41 Å². The number of amides is 3. The van der Waals surface area contributed by atoms with Gasteiger partial charge in [-0.3, -0.25) is 32.9 Å². The predicted octanol–water partition coefficient (Wildman–Crippen LogP) is -3.36. The van der Waals surface area contributed by atoms with Crippen molar-refractivity contribution in [2.75, 3.05) is 38.7 Å². The van der Waals surface area contributed by atoms with Gasteiger partial charge in [-0.15, -0.1) is 0 Å². The first-order valence-electron chi connectivity index (χ1n) is 15.0. The number of carbonyl (C=O) groups excluding carboxylic acids is 3. The quantitative estimate of drug-likeness (QED) is 0.0447. The van der Waals surface area contributed by atoms with E-state index in [1.54, 1.807) is 0 Å². The monoisotopic (exact) mass is 826 g/mol. The molecular weight excluding hydrogens is 785 g/mol. The highest BCUT2D eigenvalue weighted by atomic mass is 32.1. The van der Waals surface area contributed by atoms with E-state index in [4.69, 9.17) is 19.5 Å². The Morgan fingerprint density at radius 2 is 1.81 bits per heavy atom. The first-order chi connectivity index (χ1) is 23.9. The van der Waals surface area contributed by atoms with Gasteiger partial charge in [0.1, 0.15) is 42.7 Å². The SMILES string of the molecule is CC(=O)NC12N=CN=C(N)C1=NCN2[C@@H]1O[C@H](COP(=O)(O)OP(=O)(O)OCC(C)(C)[C@@H](O)C(=O)NCCC(=O)NCCS)[C@@H](OP(=O)(O)O)[C@H]1O. The van der Waals surface area contributed by atoms with Crippen LogP contribution in [0.4, 0.5) is 0 Å². The van der Waals surface area contributed by atoms with Crippen molar-refractivity contribution in [3.05, 3.63) is 0 Å². The Morgan fingerprint density at radius 1 is 1.15 bits per heavy atom. The number of nitrogens with one attached hydrogen (secondary N) is 3. The molecule has 0 aliphatic carbocycles. The number of nitrogens with zero attached hydrogens (tertiary/aromatic N) is 4. The summed E-state index contributed by atoms with van der Waals surface area (Å²) in [5, 5.41) is 28.9. The Bertz CT molecular complexity index is 1600. The van der Waals surface area contributed by atoms with Crippen LogP contribution in [0.15, 0.2) is 15.0 Å². The average Bonchev–Trinajstić information content (AvgIpc) is 3.53. The Labute approximate surface area is 301 Å². The van der Waals surface area contributed by atoms with E-state index >= 15 is 0 Å². The third-order valence-corrected chi connectivity index (χ3v) is 10.6. The summed E-state index contributed by atoms with van der Waals surface area (Å²) < 4.78 is 61.2. The van der Waals surface area contributed by atoms with E-state index in [0.29, 0.717) is 12.3 Å². The number of amidine groups is 1. The van der Waals surface area contributed by atoms with Gasteiger partial charge < -0.3 is 56.2 Å². The number of hydrogen-bond donors (Lipinski definition) is 11. The molecule has 25 nitrogen and oxygen atoms in total. The molecule has 3 amide bonds. The van der Waals surface area contributed by atoms with Crippen molar-refractivity contribution in [1.82, 2.24) is 20.9 Å². The molecule has 29 heteroatoms. The topological polar surface area (TPSA) is 372 Å². The van der Waals surface area contributed by atoms with Gasteiger partial charge in [-0.05, 0) is 0 Å². The number of phosphoric acid groups is 3. The number of ether oxygens (including phenoxy) is 1. The first-order valence-corrected chi connectivity index (χ1v) is 20.1. The van der Waals surface area contributed by atoms with Gasteiger partial charge in [0.25, 0.3) is 0 Å². The van der Waals surface area contributed by atoms with Crippen molar-refractivity contribution >= 4 is 71.7 Å². The lowest BCUT2D eigenvalue weighted by atomic mass is 9.87. The Morgan fingerprint density at radius 3 is 2.42 bits per heavy atom. The molecule has 0 radical (unpaired) electrons. The maximum Gasteiger partial charge on any atom is 0.481 e. The largest absolute Gasteiger partial charge is 0.481 e. The molecule has 296 valence electrons. The molecule has 1 fully saturated rings.